The van der Waals surface area contributed by atoms with Gasteiger partial charge in [0.1, 0.15) is 5.54 Å². The van der Waals surface area contributed by atoms with Crippen LogP contribution >= 0.6 is 0 Å². The highest BCUT2D eigenvalue weighted by Gasteiger charge is 2.41. The summed E-state index contributed by atoms with van der Waals surface area (Å²) >= 11 is 0. The molecule has 18 heavy (non-hydrogen) atoms. The Hall–Kier alpha value is -0.610. The molecule has 4 heteroatoms. The predicted octanol–water partition coefficient (Wildman–Crippen LogP) is 1.78. The molecule has 0 aliphatic heterocycles. The second kappa shape index (κ2) is 5.57. The summed E-state index contributed by atoms with van der Waals surface area (Å²) in [5.74, 6) is -0.267. The van der Waals surface area contributed by atoms with Gasteiger partial charge in [-0.15, -0.1) is 0 Å². The van der Waals surface area contributed by atoms with Gasteiger partial charge in [-0.05, 0) is 38.1 Å². The lowest BCUT2D eigenvalue weighted by Gasteiger charge is -2.41. The molecule has 0 amide bonds. The smallest absolute Gasteiger partial charge is 0.325 e. The normalized spacial score (nSPS) is 29.4. The zero-order valence-electron chi connectivity index (χ0n) is 12.5. The molecule has 1 fully saturated rings. The van der Waals surface area contributed by atoms with E-state index in [1.165, 1.54) is 7.11 Å². The number of hydrogen-bond donors (Lipinski definition) is 1. The fraction of sp³-hybridized carbons (Fsp3) is 0.929. The summed E-state index contributed by atoms with van der Waals surface area (Å²) < 4.78 is 4.84. The molecular formula is C14H28N2O2. The van der Waals surface area contributed by atoms with Gasteiger partial charge in [-0.2, -0.15) is 0 Å². The van der Waals surface area contributed by atoms with E-state index in [-0.39, 0.29) is 11.4 Å². The van der Waals surface area contributed by atoms with Gasteiger partial charge in [0, 0.05) is 12.6 Å². The van der Waals surface area contributed by atoms with Crippen LogP contribution in [0.1, 0.15) is 46.5 Å². The minimum Gasteiger partial charge on any atom is -0.468 e. The van der Waals surface area contributed by atoms with Crippen LogP contribution in [0, 0.1) is 5.41 Å². The summed E-state index contributed by atoms with van der Waals surface area (Å²) in [6, 6.07) is 0.377. The van der Waals surface area contributed by atoms with E-state index in [0.29, 0.717) is 12.5 Å². The highest BCUT2D eigenvalue weighted by Crippen LogP contribution is 2.31. The average Bonchev–Trinajstić information content (AvgIpc) is 2.25. The van der Waals surface area contributed by atoms with E-state index in [2.05, 4.69) is 32.7 Å². The highest BCUT2D eigenvalue weighted by molar-refractivity contribution is 5.80. The van der Waals surface area contributed by atoms with Gasteiger partial charge in [0.25, 0.3) is 0 Å². The minimum atomic E-state index is -0.788. The number of nitrogens with zero attached hydrogens (tertiary/aromatic N) is 1. The molecule has 0 aromatic rings. The van der Waals surface area contributed by atoms with Crippen LogP contribution in [0.5, 0.6) is 0 Å². The molecule has 2 unspecified atom stereocenters. The van der Waals surface area contributed by atoms with Crippen molar-refractivity contribution in [1.29, 1.82) is 0 Å². The van der Waals surface area contributed by atoms with Gasteiger partial charge in [-0.1, -0.05) is 20.8 Å². The number of esters is 1. The van der Waals surface area contributed by atoms with Crippen molar-refractivity contribution in [2.75, 3.05) is 20.7 Å². The first kappa shape index (κ1) is 15.4. The van der Waals surface area contributed by atoms with Gasteiger partial charge in [0.05, 0.1) is 7.11 Å². The second-order valence-corrected chi connectivity index (χ2v) is 6.87. The summed E-state index contributed by atoms with van der Waals surface area (Å²) in [5, 5.41) is 0. The quantitative estimate of drug-likeness (QED) is 0.782. The third-order valence-electron chi connectivity index (χ3n) is 3.70. The molecule has 1 rings (SSSR count). The Morgan fingerprint density at radius 1 is 1.50 bits per heavy atom. The minimum absolute atomic E-state index is 0.259. The SMILES string of the molecule is COC(=O)C1(N)CCCC(N(C)CC(C)(C)C)C1. The van der Waals surface area contributed by atoms with Crippen molar-refractivity contribution >= 4 is 5.97 Å². The monoisotopic (exact) mass is 256 g/mol. The Morgan fingerprint density at radius 2 is 2.11 bits per heavy atom. The van der Waals surface area contributed by atoms with Crippen LogP contribution < -0.4 is 5.73 Å². The lowest BCUT2D eigenvalue weighted by Crippen LogP contribution is -2.56. The molecule has 0 heterocycles. The third-order valence-corrected chi connectivity index (χ3v) is 3.70. The number of ether oxygens (including phenoxy) is 1. The Labute approximate surface area is 111 Å². The van der Waals surface area contributed by atoms with Crippen molar-refractivity contribution in [3.63, 3.8) is 0 Å². The Bertz CT molecular complexity index is 299. The van der Waals surface area contributed by atoms with Gasteiger partial charge in [-0.25, -0.2) is 0 Å². The Morgan fingerprint density at radius 3 is 2.61 bits per heavy atom. The molecule has 2 N–H and O–H groups in total. The molecule has 0 bridgehead atoms. The van der Waals surface area contributed by atoms with E-state index < -0.39 is 5.54 Å². The number of hydrogen-bond acceptors (Lipinski definition) is 4. The third kappa shape index (κ3) is 3.95. The van der Waals surface area contributed by atoms with Gasteiger partial charge in [0.15, 0.2) is 0 Å². The molecule has 1 saturated carbocycles. The van der Waals surface area contributed by atoms with Crippen molar-refractivity contribution < 1.29 is 9.53 Å². The largest absolute Gasteiger partial charge is 0.468 e. The fourth-order valence-electron chi connectivity index (χ4n) is 2.92. The molecular weight excluding hydrogens is 228 g/mol. The van der Waals surface area contributed by atoms with Crippen molar-refractivity contribution in [3.05, 3.63) is 0 Å². The van der Waals surface area contributed by atoms with E-state index in [0.717, 1.165) is 25.8 Å². The summed E-state index contributed by atoms with van der Waals surface area (Å²) in [5.41, 5.74) is 5.67. The maximum absolute atomic E-state index is 11.8. The van der Waals surface area contributed by atoms with Crippen molar-refractivity contribution in [1.82, 2.24) is 4.90 Å². The predicted molar refractivity (Wildman–Crippen MR) is 73.3 cm³/mol. The van der Waals surface area contributed by atoms with E-state index in [1.807, 2.05) is 0 Å². The van der Waals surface area contributed by atoms with Crippen LogP contribution in [0.15, 0.2) is 0 Å². The number of carbonyl (C=O) groups excluding carboxylic acids is 1. The lowest BCUT2D eigenvalue weighted by molar-refractivity contribution is -0.149. The average molecular weight is 256 g/mol. The van der Waals surface area contributed by atoms with Crippen LogP contribution in [0.25, 0.3) is 0 Å². The van der Waals surface area contributed by atoms with E-state index in [4.69, 9.17) is 10.5 Å². The van der Waals surface area contributed by atoms with Gasteiger partial charge in [-0.3, -0.25) is 4.79 Å². The fourth-order valence-corrected chi connectivity index (χ4v) is 2.92. The van der Waals surface area contributed by atoms with Gasteiger partial charge >= 0.3 is 5.97 Å². The van der Waals surface area contributed by atoms with Gasteiger partial charge < -0.3 is 15.4 Å². The number of carbonyl (C=O) groups is 1. The zero-order chi connectivity index (χ0) is 14.0. The highest BCUT2D eigenvalue weighted by atomic mass is 16.5. The maximum Gasteiger partial charge on any atom is 0.325 e. The first-order chi connectivity index (χ1) is 8.18. The Kier molecular flexibility index (Phi) is 4.78. The zero-order valence-corrected chi connectivity index (χ0v) is 12.5. The number of nitrogens with two attached hydrogens (primary N) is 1. The number of methoxy groups -OCH3 is 1. The molecule has 106 valence electrons. The molecule has 2 atom stereocenters. The second-order valence-electron chi connectivity index (χ2n) is 6.87. The lowest BCUT2D eigenvalue weighted by atomic mass is 9.78. The molecule has 0 aromatic carbocycles. The molecule has 1 aliphatic rings. The number of rotatable bonds is 3. The molecule has 0 saturated heterocycles. The maximum atomic E-state index is 11.8. The van der Waals surface area contributed by atoms with E-state index >= 15 is 0 Å². The van der Waals surface area contributed by atoms with Crippen LogP contribution in [0.2, 0.25) is 0 Å². The molecule has 4 nitrogen and oxygen atoms in total. The molecule has 0 aromatic heterocycles. The standard InChI is InChI=1S/C14H28N2O2/c1-13(2,3)10-16(4)11-7-6-8-14(15,9-11)12(17)18-5/h11H,6-10,15H2,1-5H3. The topological polar surface area (TPSA) is 55.6 Å². The van der Waals surface area contributed by atoms with Crippen LogP contribution in [0.3, 0.4) is 0 Å². The summed E-state index contributed by atoms with van der Waals surface area (Å²) in [6.07, 6.45) is 3.54. The summed E-state index contributed by atoms with van der Waals surface area (Å²) in [7, 11) is 3.54. The molecule has 0 spiro atoms. The van der Waals surface area contributed by atoms with Crippen molar-refractivity contribution in [2.45, 2.75) is 58.0 Å². The van der Waals surface area contributed by atoms with E-state index in [9.17, 15) is 4.79 Å². The van der Waals surface area contributed by atoms with Crippen LogP contribution in [0.4, 0.5) is 0 Å². The first-order valence-corrected chi connectivity index (χ1v) is 6.75. The molecule has 1 aliphatic carbocycles. The van der Waals surface area contributed by atoms with Crippen LogP contribution in [-0.2, 0) is 9.53 Å². The van der Waals surface area contributed by atoms with Crippen molar-refractivity contribution in [3.8, 4) is 0 Å². The summed E-state index contributed by atoms with van der Waals surface area (Å²) in [4.78, 5) is 14.1. The van der Waals surface area contributed by atoms with E-state index in [1.54, 1.807) is 0 Å². The first-order valence-electron chi connectivity index (χ1n) is 6.75. The Balaban J connectivity index is 2.66. The molecule has 0 radical (unpaired) electrons. The van der Waals surface area contributed by atoms with Crippen molar-refractivity contribution in [2.24, 2.45) is 11.1 Å². The van der Waals surface area contributed by atoms with Crippen LogP contribution in [-0.4, -0.2) is 43.2 Å². The van der Waals surface area contributed by atoms with Gasteiger partial charge in [0.2, 0.25) is 0 Å². The summed E-state index contributed by atoms with van der Waals surface area (Å²) in [6.45, 7) is 7.68.